The molecule has 146 valence electrons. The van der Waals surface area contributed by atoms with Crippen LogP contribution in [0.4, 0.5) is 0 Å². The Morgan fingerprint density at radius 1 is 1.27 bits per heavy atom. The lowest BCUT2D eigenvalue weighted by atomic mass is 9.57. The number of halogens is 1. The normalized spacial score (nSPS) is 26.2. The van der Waals surface area contributed by atoms with E-state index in [4.69, 9.17) is 14.2 Å². The Hall–Kier alpha value is -1.22. The number of ether oxygens (including phenoxy) is 3. The Kier molecular flexibility index (Phi) is 7.40. The highest BCUT2D eigenvalue weighted by molar-refractivity contribution is 14.0. The number of hydrogen-bond donors (Lipinski definition) is 2. The van der Waals surface area contributed by atoms with E-state index in [-0.39, 0.29) is 29.4 Å². The van der Waals surface area contributed by atoms with E-state index in [1.165, 1.54) is 0 Å². The lowest BCUT2D eigenvalue weighted by Crippen LogP contribution is -2.68. The van der Waals surface area contributed by atoms with Gasteiger partial charge in [0.05, 0.1) is 19.8 Å². The third kappa shape index (κ3) is 4.36. The second kappa shape index (κ2) is 9.12. The van der Waals surface area contributed by atoms with E-state index in [0.29, 0.717) is 31.2 Å². The van der Waals surface area contributed by atoms with Gasteiger partial charge < -0.3 is 24.8 Å². The van der Waals surface area contributed by atoms with Gasteiger partial charge in [-0.25, -0.2) is 0 Å². The Morgan fingerprint density at radius 3 is 2.62 bits per heavy atom. The minimum Gasteiger partial charge on any atom is -0.497 e. The molecule has 3 atom stereocenters. The highest BCUT2D eigenvalue weighted by atomic mass is 127. The topological polar surface area (TPSA) is 64.1 Å². The van der Waals surface area contributed by atoms with Gasteiger partial charge in [0.1, 0.15) is 18.1 Å². The monoisotopic (exact) mass is 475 g/mol. The summed E-state index contributed by atoms with van der Waals surface area (Å²) in [5, 5.41) is 6.89. The quantitative estimate of drug-likeness (QED) is 0.287. The molecule has 26 heavy (non-hydrogen) atoms. The van der Waals surface area contributed by atoms with Crippen LogP contribution in [0, 0.1) is 11.3 Å². The fourth-order valence-electron chi connectivity index (χ4n) is 3.97. The number of hydrogen-bond acceptors (Lipinski definition) is 4. The molecule has 0 amide bonds. The van der Waals surface area contributed by atoms with Crippen molar-refractivity contribution in [2.75, 3.05) is 33.9 Å². The van der Waals surface area contributed by atoms with Gasteiger partial charge in [0, 0.05) is 31.0 Å². The summed E-state index contributed by atoms with van der Waals surface area (Å²) in [5.74, 6) is 3.06. The minimum atomic E-state index is 0. The third-order valence-electron chi connectivity index (χ3n) is 5.34. The van der Waals surface area contributed by atoms with Gasteiger partial charge in [0.25, 0.3) is 0 Å². The summed E-state index contributed by atoms with van der Waals surface area (Å²) in [6.45, 7) is 6.65. The van der Waals surface area contributed by atoms with Gasteiger partial charge in [-0.1, -0.05) is 13.8 Å². The Morgan fingerprint density at radius 2 is 1.96 bits per heavy atom. The maximum Gasteiger partial charge on any atom is 0.191 e. The van der Waals surface area contributed by atoms with Crippen LogP contribution >= 0.6 is 24.0 Å². The molecule has 2 N–H and O–H groups in total. The molecule has 7 heteroatoms. The highest BCUT2D eigenvalue weighted by Crippen LogP contribution is 2.52. The molecule has 0 spiro atoms. The summed E-state index contributed by atoms with van der Waals surface area (Å²) in [4.78, 5) is 4.34. The predicted molar refractivity (Wildman–Crippen MR) is 114 cm³/mol. The molecule has 3 unspecified atom stereocenters. The summed E-state index contributed by atoms with van der Waals surface area (Å²) in [7, 11) is 3.45. The lowest BCUT2D eigenvalue weighted by Gasteiger charge is -2.54. The van der Waals surface area contributed by atoms with Crippen molar-refractivity contribution >= 4 is 29.9 Å². The van der Waals surface area contributed by atoms with Crippen molar-refractivity contribution in [1.29, 1.82) is 0 Å². The molecule has 0 radical (unpaired) electrons. The van der Waals surface area contributed by atoms with E-state index in [2.05, 4.69) is 29.5 Å². The third-order valence-corrected chi connectivity index (χ3v) is 5.34. The maximum atomic E-state index is 5.85. The molecular formula is C19H30IN3O3. The van der Waals surface area contributed by atoms with Crippen LogP contribution in [0.25, 0.3) is 0 Å². The zero-order valence-electron chi connectivity index (χ0n) is 16.0. The molecule has 0 aromatic heterocycles. The van der Waals surface area contributed by atoms with Crippen molar-refractivity contribution in [3.63, 3.8) is 0 Å². The fourth-order valence-corrected chi connectivity index (χ4v) is 3.97. The second-order valence-electron chi connectivity index (χ2n) is 7.21. The first-order chi connectivity index (χ1) is 12.1. The highest BCUT2D eigenvalue weighted by Gasteiger charge is 2.59. The number of fused-ring (bicyclic) bond motifs is 1. The number of nitrogens with one attached hydrogen (secondary N) is 2. The van der Waals surface area contributed by atoms with E-state index < -0.39 is 0 Å². The van der Waals surface area contributed by atoms with E-state index in [1.54, 1.807) is 14.2 Å². The van der Waals surface area contributed by atoms with E-state index >= 15 is 0 Å². The molecule has 1 heterocycles. The predicted octanol–water partition coefficient (Wildman–Crippen LogP) is 2.67. The van der Waals surface area contributed by atoms with Crippen molar-refractivity contribution in [1.82, 2.24) is 10.6 Å². The van der Waals surface area contributed by atoms with Crippen LogP contribution < -0.4 is 20.1 Å². The average molecular weight is 475 g/mol. The fraction of sp³-hybridized carbons (Fsp3) is 0.632. The van der Waals surface area contributed by atoms with Crippen LogP contribution in [0.15, 0.2) is 29.3 Å². The first-order valence-electron chi connectivity index (χ1n) is 8.92. The number of aliphatic imine (C=N–C) groups is 1. The maximum absolute atomic E-state index is 5.85. The van der Waals surface area contributed by atoms with E-state index in [1.807, 2.05) is 24.3 Å². The van der Waals surface area contributed by atoms with Crippen molar-refractivity contribution < 1.29 is 14.2 Å². The molecule has 1 saturated carbocycles. The lowest BCUT2D eigenvalue weighted by molar-refractivity contribution is -0.106. The van der Waals surface area contributed by atoms with Crippen LogP contribution in [0.5, 0.6) is 11.5 Å². The molecule has 1 aliphatic carbocycles. The summed E-state index contributed by atoms with van der Waals surface area (Å²) < 4.78 is 16.7. The van der Waals surface area contributed by atoms with Gasteiger partial charge in [-0.15, -0.1) is 24.0 Å². The molecule has 3 rings (SSSR count). The van der Waals surface area contributed by atoms with Gasteiger partial charge in [0.15, 0.2) is 5.96 Å². The molecular weight excluding hydrogens is 445 g/mol. The second-order valence-corrected chi connectivity index (χ2v) is 7.21. The molecule has 0 bridgehead atoms. The number of guanidine groups is 1. The molecule has 1 aromatic rings. The average Bonchev–Trinajstić information content (AvgIpc) is 3.08. The standard InChI is InChI=1S/C19H29N3O3.HI/c1-19(2)16(15-9-11-25-17(15)19)22-18(20-3)21-10-12-24-14-7-5-13(23-4)6-8-14;/h5-8,15-17H,9-12H2,1-4H3,(H2,20,21,22);1H. The van der Waals surface area contributed by atoms with Gasteiger partial charge in [0.2, 0.25) is 0 Å². The summed E-state index contributed by atoms with van der Waals surface area (Å²) in [6, 6.07) is 7.99. The smallest absolute Gasteiger partial charge is 0.191 e. The van der Waals surface area contributed by atoms with E-state index in [0.717, 1.165) is 30.5 Å². The van der Waals surface area contributed by atoms with Crippen molar-refractivity contribution in [3.8, 4) is 11.5 Å². The van der Waals surface area contributed by atoms with Gasteiger partial charge in [-0.3, -0.25) is 4.99 Å². The molecule has 2 aliphatic rings. The Balaban J connectivity index is 0.00000243. The van der Waals surface area contributed by atoms with Crippen LogP contribution in [-0.4, -0.2) is 52.0 Å². The summed E-state index contributed by atoms with van der Waals surface area (Å²) >= 11 is 0. The number of benzene rings is 1. The summed E-state index contributed by atoms with van der Waals surface area (Å²) in [5.41, 5.74) is 0.137. The van der Waals surface area contributed by atoms with E-state index in [9.17, 15) is 0 Å². The van der Waals surface area contributed by atoms with Gasteiger partial charge in [-0.2, -0.15) is 0 Å². The van der Waals surface area contributed by atoms with Crippen molar-refractivity contribution in [3.05, 3.63) is 24.3 Å². The minimum absolute atomic E-state index is 0. The van der Waals surface area contributed by atoms with Gasteiger partial charge >= 0.3 is 0 Å². The zero-order valence-corrected chi connectivity index (χ0v) is 18.3. The van der Waals surface area contributed by atoms with Crippen LogP contribution in [0.1, 0.15) is 20.3 Å². The molecule has 1 saturated heterocycles. The number of nitrogens with zero attached hydrogens (tertiary/aromatic N) is 1. The molecule has 6 nitrogen and oxygen atoms in total. The molecule has 2 fully saturated rings. The Labute approximate surface area is 173 Å². The first kappa shape index (κ1) is 21.1. The molecule has 1 aliphatic heterocycles. The first-order valence-corrected chi connectivity index (χ1v) is 8.92. The molecule has 1 aromatic carbocycles. The largest absolute Gasteiger partial charge is 0.497 e. The van der Waals surface area contributed by atoms with Gasteiger partial charge in [-0.05, 0) is 30.7 Å². The number of rotatable bonds is 6. The van der Waals surface area contributed by atoms with Crippen LogP contribution in [0.2, 0.25) is 0 Å². The van der Waals surface area contributed by atoms with Crippen LogP contribution in [-0.2, 0) is 4.74 Å². The van der Waals surface area contributed by atoms with Crippen molar-refractivity contribution in [2.45, 2.75) is 32.4 Å². The number of methoxy groups -OCH3 is 1. The van der Waals surface area contributed by atoms with Crippen LogP contribution in [0.3, 0.4) is 0 Å². The SMILES string of the molecule is CN=C(NCCOc1ccc(OC)cc1)NC1C2CCOC2C1(C)C.I. The van der Waals surface area contributed by atoms with Crippen molar-refractivity contribution in [2.24, 2.45) is 16.3 Å². The summed E-state index contributed by atoms with van der Waals surface area (Å²) in [6.07, 6.45) is 1.50. The Bertz CT molecular complexity index is 607. The zero-order chi connectivity index (χ0) is 17.9.